The van der Waals surface area contributed by atoms with E-state index < -0.39 is 0 Å². The molecular formula is C34H24N2O2S2. The summed E-state index contributed by atoms with van der Waals surface area (Å²) in [5.41, 5.74) is 5.13. The molecule has 0 saturated heterocycles. The van der Waals surface area contributed by atoms with Crippen molar-refractivity contribution in [2.45, 2.75) is 37.1 Å². The Bertz CT molecular complexity index is 2080. The van der Waals surface area contributed by atoms with E-state index in [1.807, 2.05) is 0 Å². The molecule has 0 unspecified atom stereocenters. The van der Waals surface area contributed by atoms with E-state index in [1.165, 1.54) is 42.3 Å². The molecule has 4 nitrogen and oxygen atoms in total. The zero-order valence-corrected chi connectivity index (χ0v) is 23.3. The van der Waals surface area contributed by atoms with Gasteiger partial charge in [0.2, 0.25) is 5.52 Å². The maximum atomic E-state index is 13.9. The van der Waals surface area contributed by atoms with Crippen molar-refractivity contribution in [3.05, 3.63) is 105 Å². The predicted molar refractivity (Wildman–Crippen MR) is 161 cm³/mol. The van der Waals surface area contributed by atoms with Crippen LogP contribution in [0.25, 0.3) is 37.3 Å². The van der Waals surface area contributed by atoms with Gasteiger partial charge in [0.15, 0.2) is 12.3 Å². The third kappa shape index (κ3) is 2.98. The number of thioether (sulfide) groups is 1. The first kappa shape index (κ1) is 22.9. The second-order valence-corrected chi connectivity index (χ2v) is 13.0. The molecule has 0 N–H and O–H groups in total. The van der Waals surface area contributed by atoms with Crippen molar-refractivity contribution in [3.63, 3.8) is 0 Å². The molecule has 194 valence electrons. The second kappa shape index (κ2) is 8.32. The molecule has 0 spiro atoms. The first-order valence-corrected chi connectivity index (χ1v) is 15.6. The lowest BCUT2D eigenvalue weighted by atomic mass is 9.78. The van der Waals surface area contributed by atoms with Crippen LogP contribution in [0, 0.1) is 0 Å². The highest BCUT2D eigenvalue weighted by atomic mass is 32.2. The summed E-state index contributed by atoms with van der Waals surface area (Å²) in [7, 11) is 0. The van der Waals surface area contributed by atoms with Gasteiger partial charge in [-0.1, -0.05) is 83.5 Å². The van der Waals surface area contributed by atoms with Crippen LogP contribution in [0.1, 0.15) is 30.7 Å². The highest BCUT2D eigenvalue weighted by molar-refractivity contribution is 8.04. The fourth-order valence-corrected chi connectivity index (χ4v) is 9.76. The van der Waals surface area contributed by atoms with Gasteiger partial charge in [-0.15, -0.1) is 0 Å². The summed E-state index contributed by atoms with van der Waals surface area (Å²) in [5.74, 6) is -0.108. The lowest BCUT2D eigenvalue weighted by molar-refractivity contribution is -0.672. The smallest absolute Gasteiger partial charge is 0.266 e. The van der Waals surface area contributed by atoms with Crippen molar-refractivity contribution < 1.29 is 14.5 Å². The lowest BCUT2D eigenvalue weighted by Crippen LogP contribution is -2.41. The molecule has 4 aromatic carbocycles. The summed E-state index contributed by atoms with van der Waals surface area (Å²) in [4.78, 5) is 17.5. The zero-order valence-electron chi connectivity index (χ0n) is 21.7. The zero-order chi connectivity index (χ0) is 26.5. The van der Waals surface area contributed by atoms with Crippen LogP contribution in [0.2, 0.25) is 0 Å². The van der Waals surface area contributed by atoms with Gasteiger partial charge in [-0.25, -0.2) is 0 Å². The number of fused-ring (bicyclic) bond motifs is 10. The first-order valence-electron chi connectivity index (χ1n) is 13.9. The minimum atomic E-state index is -0.0541. The van der Waals surface area contributed by atoms with Gasteiger partial charge in [0.25, 0.3) is 5.01 Å². The van der Waals surface area contributed by atoms with Crippen LogP contribution in [0.15, 0.2) is 105 Å². The van der Waals surface area contributed by atoms with E-state index in [4.69, 9.17) is 0 Å². The Hall–Kier alpha value is -3.87. The number of nitrogens with zero attached hydrogens (tertiary/aromatic N) is 2. The van der Waals surface area contributed by atoms with Crippen molar-refractivity contribution in [1.82, 2.24) is 0 Å². The third-order valence-corrected chi connectivity index (χ3v) is 11.4. The minimum Gasteiger partial charge on any atom is -0.871 e. The van der Waals surface area contributed by atoms with E-state index in [0.29, 0.717) is 11.1 Å². The standard InChI is InChI=1S/C34H24N2O2S2/c37-29-27(23-11-5-17-35-25-15-13-19-7-1-3-9-21(19)31(25)39-33(23)35)30(38)28(29)24-12-6-18-36-26-16-14-20-8-2-4-10-22(20)32(26)40-34(24)36/h1-4,7-10,13-16H,5-6,11-12,17-18H2. The van der Waals surface area contributed by atoms with E-state index in [9.17, 15) is 9.90 Å². The molecule has 4 aliphatic rings. The van der Waals surface area contributed by atoms with Crippen molar-refractivity contribution in [2.75, 3.05) is 11.4 Å². The maximum Gasteiger partial charge on any atom is 0.266 e. The van der Waals surface area contributed by atoms with E-state index in [2.05, 4.69) is 82.3 Å². The largest absolute Gasteiger partial charge is 0.871 e. The van der Waals surface area contributed by atoms with Crippen LogP contribution >= 0.6 is 23.1 Å². The van der Waals surface area contributed by atoms with E-state index in [1.54, 1.807) is 23.1 Å². The molecule has 0 saturated carbocycles. The average Bonchev–Trinajstić information content (AvgIpc) is 3.58. The number of aromatic nitrogens is 1. The third-order valence-electron chi connectivity index (χ3n) is 8.83. The van der Waals surface area contributed by atoms with E-state index in [0.717, 1.165) is 60.0 Å². The van der Waals surface area contributed by atoms with Crippen LogP contribution in [-0.2, 0) is 11.3 Å². The molecule has 0 radical (unpaired) electrons. The van der Waals surface area contributed by atoms with Crippen LogP contribution in [0.3, 0.4) is 0 Å². The SMILES string of the molecule is O=C1C(C2=C3Sc4c(ccc5ccccc45)N3CCC2)=C([O-])/C1=C1/CCC[n+]2c1sc1c3ccccc3ccc12. The fourth-order valence-electron chi connectivity index (χ4n) is 6.97. The number of carbonyl (C=O) groups is 1. The van der Waals surface area contributed by atoms with Crippen LogP contribution < -0.4 is 14.6 Å². The summed E-state index contributed by atoms with van der Waals surface area (Å²) in [5, 5.41) is 20.9. The van der Waals surface area contributed by atoms with Gasteiger partial charge in [0.05, 0.1) is 10.7 Å². The number of benzene rings is 4. The monoisotopic (exact) mass is 556 g/mol. The Kier molecular flexibility index (Phi) is 4.76. The number of Topliss-reactive ketones (excluding diaryl/α,β-unsaturated/α-hetero) is 1. The summed E-state index contributed by atoms with van der Waals surface area (Å²) >= 11 is 3.46. The Labute approximate surface area is 239 Å². The molecular weight excluding hydrogens is 533 g/mol. The number of anilines is 1. The van der Waals surface area contributed by atoms with E-state index >= 15 is 0 Å². The number of rotatable bonds is 1. The highest BCUT2D eigenvalue weighted by Gasteiger charge is 2.41. The average molecular weight is 557 g/mol. The molecule has 6 heteroatoms. The number of hydrogen-bond acceptors (Lipinski definition) is 5. The molecule has 1 aromatic heterocycles. The normalized spacial score (nSPS) is 20.4. The second-order valence-electron chi connectivity index (χ2n) is 11.0. The Morgan fingerprint density at radius 3 is 2.40 bits per heavy atom. The van der Waals surface area contributed by atoms with Gasteiger partial charge in [0.1, 0.15) is 4.70 Å². The maximum absolute atomic E-state index is 13.9. The molecule has 1 aliphatic carbocycles. The molecule has 0 amide bonds. The van der Waals surface area contributed by atoms with Gasteiger partial charge in [-0.05, 0) is 53.1 Å². The Morgan fingerprint density at radius 1 is 0.800 bits per heavy atom. The van der Waals surface area contributed by atoms with Crippen molar-refractivity contribution in [1.29, 1.82) is 0 Å². The summed E-state index contributed by atoms with van der Waals surface area (Å²) in [6, 6.07) is 25.6. The molecule has 9 rings (SSSR count). The number of hydrogen-bond donors (Lipinski definition) is 0. The van der Waals surface area contributed by atoms with Crippen LogP contribution in [-0.4, -0.2) is 12.3 Å². The van der Waals surface area contributed by atoms with Crippen molar-refractivity contribution >= 4 is 71.9 Å². The van der Waals surface area contributed by atoms with E-state index in [-0.39, 0.29) is 11.5 Å². The first-order chi connectivity index (χ1) is 19.7. The summed E-state index contributed by atoms with van der Waals surface area (Å²) in [6.45, 7) is 1.83. The number of carbonyl (C=O) groups excluding carboxylic acids is 1. The molecule has 0 fully saturated rings. The molecule has 5 aromatic rings. The predicted octanol–water partition coefficient (Wildman–Crippen LogP) is 6.86. The molecule has 0 atom stereocenters. The quantitative estimate of drug-likeness (QED) is 0.167. The Morgan fingerprint density at radius 2 is 1.55 bits per heavy atom. The highest BCUT2D eigenvalue weighted by Crippen LogP contribution is 2.55. The van der Waals surface area contributed by atoms with Gasteiger partial charge in [-0.3, -0.25) is 4.79 Å². The lowest BCUT2D eigenvalue weighted by Gasteiger charge is -2.37. The number of aryl methyl sites for hydroxylation is 1. The number of allylic oxidation sites excluding steroid dienone is 4. The van der Waals surface area contributed by atoms with Gasteiger partial charge < -0.3 is 10.0 Å². The summed E-state index contributed by atoms with van der Waals surface area (Å²) < 4.78 is 3.56. The summed E-state index contributed by atoms with van der Waals surface area (Å²) in [6.07, 6.45) is 3.42. The van der Waals surface area contributed by atoms with Crippen molar-refractivity contribution in [3.8, 4) is 0 Å². The van der Waals surface area contributed by atoms with Gasteiger partial charge in [0, 0.05) is 46.0 Å². The minimum absolute atomic E-state index is 0.0541. The molecule has 4 heterocycles. The van der Waals surface area contributed by atoms with Crippen molar-refractivity contribution in [2.24, 2.45) is 0 Å². The van der Waals surface area contributed by atoms with Crippen LogP contribution in [0.4, 0.5) is 5.69 Å². The van der Waals surface area contributed by atoms with Gasteiger partial charge >= 0.3 is 0 Å². The fraction of sp³-hybridized carbons (Fsp3) is 0.176. The number of thiazole rings is 1. The van der Waals surface area contributed by atoms with Crippen LogP contribution in [0.5, 0.6) is 0 Å². The topological polar surface area (TPSA) is 47.3 Å². The molecule has 3 aliphatic heterocycles. The number of ketones is 1. The van der Waals surface area contributed by atoms with Gasteiger partial charge in [-0.2, -0.15) is 4.57 Å². The Balaban J connectivity index is 1.19. The molecule has 40 heavy (non-hydrogen) atoms. The molecule has 0 bridgehead atoms.